The monoisotopic (exact) mass is 398 g/mol. The molecular formula is C19H31FN4S2. The van der Waals surface area contributed by atoms with E-state index in [1.165, 1.54) is 38.2 Å². The van der Waals surface area contributed by atoms with Crippen LogP contribution >= 0.6 is 24.2 Å². The van der Waals surface area contributed by atoms with Gasteiger partial charge in [-0.1, -0.05) is 40.0 Å². The minimum Gasteiger partial charge on any atom is -0.359 e. The molecule has 4 nitrogen and oxygen atoms in total. The molecule has 0 unspecified atom stereocenters. The van der Waals surface area contributed by atoms with Gasteiger partial charge in [0.2, 0.25) is 5.95 Å². The number of hydrogen-bond donors (Lipinski definition) is 3. The van der Waals surface area contributed by atoms with Crippen molar-refractivity contribution in [1.29, 1.82) is 0 Å². The van der Waals surface area contributed by atoms with Crippen molar-refractivity contribution in [3.8, 4) is 11.3 Å². The predicted molar refractivity (Wildman–Crippen MR) is 114 cm³/mol. The highest BCUT2D eigenvalue weighted by molar-refractivity contribution is 7.77. The Morgan fingerprint density at radius 2 is 1.77 bits per heavy atom. The van der Waals surface area contributed by atoms with Crippen molar-refractivity contribution < 1.29 is 4.39 Å². The lowest BCUT2D eigenvalue weighted by Gasteiger charge is -2.22. The van der Waals surface area contributed by atoms with E-state index in [2.05, 4.69) is 54.0 Å². The first kappa shape index (κ1) is 22.9. The molecule has 1 aliphatic carbocycles. The van der Waals surface area contributed by atoms with Gasteiger partial charge in [-0.3, -0.25) is 5.14 Å². The van der Waals surface area contributed by atoms with Gasteiger partial charge in [0, 0.05) is 22.7 Å². The van der Waals surface area contributed by atoms with E-state index >= 15 is 0 Å². The number of thiol groups is 1. The Morgan fingerprint density at radius 3 is 2.35 bits per heavy atom. The largest absolute Gasteiger partial charge is 0.359 e. The molecule has 2 aromatic heterocycles. The van der Waals surface area contributed by atoms with Gasteiger partial charge in [0.05, 0.1) is 5.69 Å². The maximum Gasteiger partial charge on any atom is 0.213 e. The maximum absolute atomic E-state index is 13.0. The molecule has 0 saturated heterocycles. The molecule has 0 spiro atoms. The number of nitrogens with one attached hydrogen (secondary N) is 1. The highest BCUT2D eigenvalue weighted by atomic mass is 32.1. The Kier molecular flexibility index (Phi) is 10.8. The fourth-order valence-electron chi connectivity index (χ4n) is 2.69. The smallest absolute Gasteiger partial charge is 0.213 e. The molecule has 1 aliphatic rings. The molecule has 146 valence electrons. The quantitative estimate of drug-likeness (QED) is 0.448. The van der Waals surface area contributed by atoms with Gasteiger partial charge < -0.3 is 5.32 Å². The fourth-order valence-corrected chi connectivity index (χ4v) is 3.48. The molecule has 2 heterocycles. The normalized spacial score (nSPS) is 14.2. The fraction of sp³-hybridized carbons (Fsp3) is 0.579. The van der Waals surface area contributed by atoms with Crippen LogP contribution in [0.5, 0.6) is 0 Å². The number of halogens is 1. The summed E-state index contributed by atoms with van der Waals surface area (Å²) in [6.45, 7) is 8.31. The van der Waals surface area contributed by atoms with Crippen molar-refractivity contribution in [3.63, 3.8) is 0 Å². The molecule has 0 amide bonds. The molecule has 7 heteroatoms. The van der Waals surface area contributed by atoms with Crippen molar-refractivity contribution in [3.05, 3.63) is 29.2 Å². The molecule has 0 atom stereocenters. The van der Waals surface area contributed by atoms with Crippen molar-refractivity contribution >= 4 is 29.3 Å². The molecule has 0 aliphatic heterocycles. The van der Waals surface area contributed by atoms with Gasteiger partial charge in [-0.05, 0) is 37.8 Å². The summed E-state index contributed by atoms with van der Waals surface area (Å²) >= 11 is 4.63. The highest BCUT2D eigenvalue weighted by Crippen LogP contribution is 2.29. The lowest BCUT2D eigenvalue weighted by molar-refractivity contribution is 0.462. The van der Waals surface area contributed by atoms with Gasteiger partial charge in [0.25, 0.3) is 0 Å². The molecule has 3 N–H and O–H groups in total. The Labute approximate surface area is 166 Å². The number of thiazole rings is 1. The average molecular weight is 399 g/mol. The summed E-state index contributed by atoms with van der Waals surface area (Å²) in [6, 6.07) is 3.68. The van der Waals surface area contributed by atoms with Crippen molar-refractivity contribution in [2.24, 2.45) is 11.1 Å². The zero-order valence-corrected chi connectivity index (χ0v) is 17.8. The van der Waals surface area contributed by atoms with Crippen LogP contribution in [-0.4, -0.2) is 16.0 Å². The van der Waals surface area contributed by atoms with Crippen LogP contribution < -0.4 is 10.5 Å². The maximum atomic E-state index is 13.0. The molecule has 0 bridgehead atoms. The third kappa shape index (κ3) is 8.01. The van der Waals surface area contributed by atoms with Crippen LogP contribution in [0.25, 0.3) is 11.3 Å². The second-order valence-corrected chi connectivity index (χ2v) is 7.87. The Bertz CT molecular complexity index is 637. The highest BCUT2D eigenvalue weighted by Gasteiger charge is 2.15. The third-order valence-corrected chi connectivity index (χ3v) is 4.54. The van der Waals surface area contributed by atoms with Gasteiger partial charge in [-0.2, -0.15) is 4.39 Å². The van der Waals surface area contributed by atoms with Gasteiger partial charge in [-0.25, -0.2) is 9.97 Å². The van der Waals surface area contributed by atoms with Gasteiger partial charge in [-0.15, -0.1) is 24.2 Å². The zero-order chi connectivity index (χ0) is 19.5. The van der Waals surface area contributed by atoms with Crippen LogP contribution in [-0.2, 0) is 0 Å². The van der Waals surface area contributed by atoms with Crippen molar-refractivity contribution in [2.45, 2.75) is 65.8 Å². The second kappa shape index (κ2) is 12.3. The number of nitrogens with two attached hydrogens (primary N) is 1. The van der Waals surface area contributed by atoms with Crippen molar-refractivity contribution in [1.82, 2.24) is 9.97 Å². The van der Waals surface area contributed by atoms with Crippen LogP contribution in [0.4, 0.5) is 9.52 Å². The number of hydrogen-bond acceptors (Lipinski definition) is 6. The number of rotatable bonds is 3. The topological polar surface area (TPSA) is 63.8 Å². The Hall–Kier alpha value is -1.18. The summed E-state index contributed by atoms with van der Waals surface area (Å²) in [5.74, 6) is 0.391. The van der Waals surface area contributed by atoms with Crippen LogP contribution in [0, 0.1) is 18.8 Å². The van der Waals surface area contributed by atoms with Gasteiger partial charge in [0.1, 0.15) is 0 Å². The van der Waals surface area contributed by atoms with E-state index in [1.807, 2.05) is 12.3 Å². The van der Waals surface area contributed by atoms with E-state index in [4.69, 9.17) is 0 Å². The standard InChI is InChI=1S/C15H18FN3S.C4H10.H3NS/c1-10-12(7-8-14(16)17-10)13-9-20-15(19-13)18-11-5-3-2-4-6-11;1-4(2)3;1-2/h7-9,11H,2-6H2,1H3,(H,18,19);4H,1-3H3;2H,1H2. The molecule has 26 heavy (non-hydrogen) atoms. The molecule has 2 aromatic rings. The van der Waals surface area contributed by atoms with Crippen LogP contribution in [0.3, 0.4) is 0 Å². The summed E-state index contributed by atoms with van der Waals surface area (Å²) in [6.07, 6.45) is 6.41. The first-order chi connectivity index (χ1) is 12.5. The molecule has 0 radical (unpaired) electrons. The average Bonchev–Trinajstić information content (AvgIpc) is 3.05. The third-order valence-electron chi connectivity index (χ3n) is 3.76. The summed E-state index contributed by atoms with van der Waals surface area (Å²) < 4.78 is 13.0. The first-order valence-corrected chi connectivity index (χ1v) is 10.5. The number of aromatic nitrogens is 2. The molecule has 1 fully saturated rings. The van der Waals surface area contributed by atoms with Gasteiger partial charge >= 0.3 is 0 Å². The lowest BCUT2D eigenvalue weighted by Crippen LogP contribution is -2.21. The van der Waals surface area contributed by atoms with E-state index in [1.54, 1.807) is 17.4 Å². The zero-order valence-electron chi connectivity index (χ0n) is 16.1. The molecular weight excluding hydrogens is 367 g/mol. The molecule has 1 saturated carbocycles. The molecule has 0 aromatic carbocycles. The second-order valence-electron chi connectivity index (χ2n) is 7.02. The van der Waals surface area contributed by atoms with E-state index in [-0.39, 0.29) is 0 Å². The number of anilines is 1. The van der Waals surface area contributed by atoms with Crippen LogP contribution in [0.1, 0.15) is 58.6 Å². The number of pyridine rings is 1. The number of aryl methyl sites for hydroxylation is 1. The minimum atomic E-state index is -0.443. The summed E-state index contributed by atoms with van der Waals surface area (Å²) in [4.78, 5) is 8.46. The minimum absolute atomic E-state index is 0.443. The Balaban J connectivity index is 0.000000500. The van der Waals surface area contributed by atoms with E-state index in [0.717, 1.165) is 22.3 Å². The molecule has 3 rings (SSSR count). The SMILES string of the molecule is CC(C)C.Cc1nc(F)ccc1-c1csc(NC2CCCCC2)n1.NS. The number of nitrogens with zero attached hydrogens (tertiary/aromatic N) is 2. The Morgan fingerprint density at radius 1 is 1.15 bits per heavy atom. The van der Waals surface area contributed by atoms with E-state index in [0.29, 0.717) is 11.7 Å². The van der Waals surface area contributed by atoms with E-state index in [9.17, 15) is 4.39 Å². The van der Waals surface area contributed by atoms with Crippen LogP contribution in [0.2, 0.25) is 0 Å². The lowest BCUT2D eigenvalue weighted by atomic mass is 9.96. The van der Waals surface area contributed by atoms with Gasteiger partial charge in [0.15, 0.2) is 5.13 Å². The summed E-state index contributed by atoms with van der Waals surface area (Å²) in [5.41, 5.74) is 2.46. The summed E-state index contributed by atoms with van der Waals surface area (Å²) in [5, 5.41) is 10.7. The summed E-state index contributed by atoms with van der Waals surface area (Å²) in [7, 11) is 0. The van der Waals surface area contributed by atoms with E-state index < -0.39 is 5.95 Å². The van der Waals surface area contributed by atoms with Crippen LogP contribution in [0.15, 0.2) is 17.5 Å². The predicted octanol–water partition coefficient (Wildman–Crippen LogP) is 5.85. The first-order valence-electron chi connectivity index (χ1n) is 9.07. The van der Waals surface area contributed by atoms with Crippen molar-refractivity contribution in [2.75, 3.05) is 5.32 Å².